The van der Waals surface area contributed by atoms with E-state index in [0.717, 1.165) is 6.42 Å². The van der Waals surface area contributed by atoms with Crippen LogP contribution in [0, 0.1) is 11.3 Å². The summed E-state index contributed by atoms with van der Waals surface area (Å²) in [5.41, 5.74) is 6.67. The van der Waals surface area contributed by atoms with Gasteiger partial charge in [0.2, 0.25) is 5.91 Å². The highest BCUT2D eigenvalue weighted by molar-refractivity contribution is 7.92. The minimum Gasteiger partial charge on any atom is -0.497 e. The molecule has 0 radical (unpaired) electrons. The van der Waals surface area contributed by atoms with Gasteiger partial charge in [-0.3, -0.25) is 4.79 Å². The number of likely N-dealkylation sites (tertiary alicyclic amines) is 1. The smallest absolute Gasteiger partial charge is 0.242 e. The number of nitriles is 1. The molecule has 0 unspecified atom stereocenters. The maximum atomic E-state index is 12.9. The Labute approximate surface area is 154 Å². The summed E-state index contributed by atoms with van der Waals surface area (Å²) in [6, 6.07) is 7.02. The number of hydrogen-bond acceptors (Lipinski definition) is 6. The first-order chi connectivity index (χ1) is 12.1. The average Bonchev–Trinajstić information content (AvgIpc) is 3.09. The Balaban J connectivity index is 2.20. The molecule has 1 aromatic carbocycles. The molecule has 1 aromatic rings. The number of sulfone groups is 1. The standard InChI is InChI=1S/C18H25N3O4S/c1-18(2,16(20)17(22)21-10-4-5-14(21)11-19)26(23,24)12-13-6-8-15(25-3)9-7-13/h6-9,14,16H,4-5,10,12,20H2,1-3H3/t14-,16+/m0/s1. The van der Waals surface area contributed by atoms with Gasteiger partial charge < -0.3 is 15.4 Å². The summed E-state index contributed by atoms with van der Waals surface area (Å²) in [6.07, 6.45) is 1.31. The van der Waals surface area contributed by atoms with Gasteiger partial charge >= 0.3 is 0 Å². The number of rotatable bonds is 6. The molecule has 1 saturated heterocycles. The van der Waals surface area contributed by atoms with Crippen molar-refractivity contribution < 1.29 is 17.9 Å². The highest BCUT2D eigenvalue weighted by Gasteiger charge is 2.46. The molecular weight excluding hydrogens is 354 g/mol. The van der Waals surface area contributed by atoms with E-state index < -0.39 is 32.6 Å². The summed E-state index contributed by atoms with van der Waals surface area (Å²) in [6.45, 7) is 3.36. The molecular formula is C18H25N3O4S. The Morgan fingerprint density at radius 1 is 1.42 bits per heavy atom. The van der Waals surface area contributed by atoms with Crippen LogP contribution in [0.3, 0.4) is 0 Å². The molecule has 0 aliphatic carbocycles. The van der Waals surface area contributed by atoms with Crippen molar-refractivity contribution in [3.05, 3.63) is 29.8 Å². The van der Waals surface area contributed by atoms with Gasteiger partial charge in [0, 0.05) is 6.54 Å². The fourth-order valence-electron chi connectivity index (χ4n) is 2.96. The maximum absolute atomic E-state index is 12.9. The lowest BCUT2D eigenvalue weighted by molar-refractivity contribution is -0.133. The van der Waals surface area contributed by atoms with Crippen LogP contribution in [0.1, 0.15) is 32.3 Å². The monoisotopic (exact) mass is 379 g/mol. The minimum absolute atomic E-state index is 0.230. The van der Waals surface area contributed by atoms with Gasteiger partial charge in [-0.15, -0.1) is 0 Å². The zero-order valence-corrected chi connectivity index (χ0v) is 16.1. The molecule has 2 atom stereocenters. The number of benzene rings is 1. The summed E-state index contributed by atoms with van der Waals surface area (Å²) in [4.78, 5) is 14.1. The van der Waals surface area contributed by atoms with Crippen LogP contribution in [0.25, 0.3) is 0 Å². The Hall–Kier alpha value is -2.11. The molecule has 8 heteroatoms. The number of ether oxygens (including phenoxy) is 1. The summed E-state index contributed by atoms with van der Waals surface area (Å²) in [5, 5.41) is 9.15. The highest BCUT2D eigenvalue weighted by Crippen LogP contribution is 2.28. The lowest BCUT2D eigenvalue weighted by atomic mass is 10.0. The van der Waals surface area contributed by atoms with Crippen LogP contribution in [0.15, 0.2) is 24.3 Å². The molecule has 0 aromatic heterocycles. The van der Waals surface area contributed by atoms with E-state index in [-0.39, 0.29) is 5.75 Å². The molecule has 1 fully saturated rings. The number of carbonyl (C=O) groups is 1. The van der Waals surface area contributed by atoms with Crippen LogP contribution in [0.4, 0.5) is 0 Å². The minimum atomic E-state index is -3.73. The number of nitrogens with zero attached hydrogens (tertiary/aromatic N) is 2. The van der Waals surface area contributed by atoms with E-state index in [0.29, 0.717) is 24.3 Å². The lowest BCUT2D eigenvalue weighted by Crippen LogP contribution is -2.58. The molecule has 2 rings (SSSR count). The Morgan fingerprint density at radius 2 is 2.04 bits per heavy atom. The number of hydrogen-bond donors (Lipinski definition) is 1. The van der Waals surface area contributed by atoms with Crippen molar-refractivity contribution in [2.24, 2.45) is 5.73 Å². The quantitative estimate of drug-likeness (QED) is 0.795. The Bertz CT molecular complexity index is 797. The van der Waals surface area contributed by atoms with Crippen molar-refractivity contribution in [2.45, 2.75) is 49.3 Å². The normalized spacial score (nSPS) is 19.0. The van der Waals surface area contributed by atoms with Crippen LogP contribution in [-0.2, 0) is 20.4 Å². The topological polar surface area (TPSA) is 113 Å². The number of nitrogens with two attached hydrogens (primary N) is 1. The van der Waals surface area contributed by atoms with E-state index in [1.165, 1.54) is 25.9 Å². The molecule has 1 amide bonds. The highest BCUT2D eigenvalue weighted by atomic mass is 32.2. The summed E-state index contributed by atoms with van der Waals surface area (Å²) in [5.74, 6) is -0.0849. The van der Waals surface area contributed by atoms with Gasteiger partial charge in [0.05, 0.1) is 23.7 Å². The molecule has 0 spiro atoms. The zero-order chi connectivity index (χ0) is 19.5. The number of methoxy groups -OCH3 is 1. The Morgan fingerprint density at radius 3 is 2.58 bits per heavy atom. The second-order valence-corrected chi connectivity index (χ2v) is 9.58. The van der Waals surface area contributed by atoms with Crippen molar-refractivity contribution in [2.75, 3.05) is 13.7 Å². The molecule has 0 saturated carbocycles. The molecule has 0 bridgehead atoms. The lowest BCUT2D eigenvalue weighted by Gasteiger charge is -2.33. The third-order valence-electron chi connectivity index (χ3n) is 5.02. The first-order valence-electron chi connectivity index (χ1n) is 8.45. The largest absolute Gasteiger partial charge is 0.497 e. The fraction of sp³-hybridized carbons (Fsp3) is 0.556. The van der Waals surface area contributed by atoms with Crippen molar-refractivity contribution in [3.8, 4) is 11.8 Å². The molecule has 1 aliphatic heterocycles. The van der Waals surface area contributed by atoms with Crippen LogP contribution < -0.4 is 10.5 Å². The van der Waals surface area contributed by atoms with Crippen LogP contribution >= 0.6 is 0 Å². The summed E-state index contributed by atoms with van der Waals surface area (Å²) in [7, 11) is -2.19. The Kier molecular flexibility index (Phi) is 5.94. The van der Waals surface area contributed by atoms with E-state index >= 15 is 0 Å². The fourth-order valence-corrected chi connectivity index (χ4v) is 4.45. The number of amides is 1. The first kappa shape index (κ1) is 20.2. The second-order valence-electron chi connectivity index (χ2n) is 7.01. The number of carbonyl (C=O) groups excluding carboxylic acids is 1. The average molecular weight is 379 g/mol. The first-order valence-corrected chi connectivity index (χ1v) is 10.1. The van der Waals surface area contributed by atoms with Gasteiger partial charge in [0.1, 0.15) is 17.8 Å². The summed E-state index contributed by atoms with van der Waals surface area (Å²) >= 11 is 0. The van der Waals surface area contributed by atoms with Crippen LogP contribution in [0.5, 0.6) is 5.75 Å². The van der Waals surface area contributed by atoms with Crippen molar-refractivity contribution in [1.82, 2.24) is 4.90 Å². The second kappa shape index (κ2) is 7.64. The molecule has 142 valence electrons. The van der Waals surface area contributed by atoms with Gasteiger partial charge in [0.15, 0.2) is 9.84 Å². The zero-order valence-electron chi connectivity index (χ0n) is 15.3. The van der Waals surface area contributed by atoms with Gasteiger partial charge in [-0.05, 0) is 44.4 Å². The third-order valence-corrected chi connectivity index (χ3v) is 7.59. The van der Waals surface area contributed by atoms with Crippen molar-refractivity contribution in [3.63, 3.8) is 0 Å². The van der Waals surface area contributed by atoms with Crippen LogP contribution in [-0.4, -0.2) is 49.7 Å². The van der Waals surface area contributed by atoms with Gasteiger partial charge in [-0.2, -0.15) is 5.26 Å². The van der Waals surface area contributed by atoms with Crippen molar-refractivity contribution >= 4 is 15.7 Å². The molecule has 2 N–H and O–H groups in total. The van der Waals surface area contributed by atoms with E-state index in [4.69, 9.17) is 15.7 Å². The predicted octanol–water partition coefficient (Wildman–Crippen LogP) is 1.23. The summed E-state index contributed by atoms with van der Waals surface area (Å²) < 4.78 is 29.5. The molecule has 1 heterocycles. The van der Waals surface area contributed by atoms with E-state index in [2.05, 4.69) is 6.07 Å². The van der Waals surface area contributed by atoms with Crippen molar-refractivity contribution in [1.29, 1.82) is 5.26 Å². The third kappa shape index (κ3) is 3.84. The van der Waals surface area contributed by atoms with E-state index in [9.17, 15) is 13.2 Å². The predicted molar refractivity (Wildman–Crippen MR) is 98.0 cm³/mol. The molecule has 7 nitrogen and oxygen atoms in total. The van der Waals surface area contributed by atoms with E-state index in [1.54, 1.807) is 24.3 Å². The maximum Gasteiger partial charge on any atom is 0.242 e. The van der Waals surface area contributed by atoms with Crippen LogP contribution in [0.2, 0.25) is 0 Å². The SMILES string of the molecule is COc1ccc(CS(=O)(=O)C(C)(C)[C@H](N)C(=O)N2CCC[C@H]2C#N)cc1. The van der Waals surface area contributed by atoms with E-state index in [1.807, 2.05) is 0 Å². The van der Waals surface area contributed by atoms with Gasteiger partial charge in [0.25, 0.3) is 0 Å². The molecule has 26 heavy (non-hydrogen) atoms. The van der Waals surface area contributed by atoms with Gasteiger partial charge in [-0.25, -0.2) is 8.42 Å². The molecule has 1 aliphatic rings. The van der Waals surface area contributed by atoms with Gasteiger partial charge in [-0.1, -0.05) is 12.1 Å².